The van der Waals surface area contributed by atoms with Gasteiger partial charge in [-0.2, -0.15) is 4.31 Å². The summed E-state index contributed by atoms with van der Waals surface area (Å²) in [5.41, 5.74) is 6.03. The number of carbonyl (C=O) groups is 1. The fourth-order valence-electron chi connectivity index (χ4n) is 3.75. The average Bonchev–Trinajstić information content (AvgIpc) is 3.49. The molecule has 3 heterocycles. The van der Waals surface area contributed by atoms with E-state index in [1.54, 1.807) is 24.3 Å². The van der Waals surface area contributed by atoms with Crippen LogP contribution in [-0.4, -0.2) is 64.9 Å². The molecule has 11 heteroatoms. The lowest BCUT2D eigenvalue weighted by Crippen LogP contribution is -2.27. The Bertz CT molecular complexity index is 994. The molecule has 0 radical (unpaired) electrons. The van der Waals surface area contributed by atoms with Gasteiger partial charge in [0.05, 0.1) is 23.3 Å². The van der Waals surface area contributed by atoms with Gasteiger partial charge in [-0.05, 0) is 49.9 Å². The number of amides is 1. The number of hydrogen-bond donors (Lipinski definition) is 1. The van der Waals surface area contributed by atoms with Crippen LogP contribution in [-0.2, 0) is 26.1 Å². The van der Waals surface area contributed by atoms with Gasteiger partial charge in [0.2, 0.25) is 15.9 Å². The second kappa shape index (κ2) is 9.04. The van der Waals surface area contributed by atoms with Gasteiger partial charge in [-0.1, -0.05) is 11.8 Å². The zero-order chi connectivity index (χ0) is 21.1. The van der Waals surface area contributed by atoms with Crippen LogP contribution in [0.5, 0.6) is 0 Å². The van der Waals surface area contributed by atoms with Crippen LogP contribution in [0.4, 0.5) is 0 Å². The lowest BCUT2D eigenvalue weighted by Gasteiger charge is -2.16. The van der Waals surface area contributed by atoms with E-state index in [9.17, 15) is 13.2 Å². The molecule has 4 rings (SSSR count). The number of nitrogens with zero attached hydrogens (tertiary/aromatic N) is 4. The Balaban J connectivity index is 1.61. The van der Waals surface area contributed by atoms with Crippen LogP contribution in [0.1, 0.15) is 25.7 Å². The SMILES string of the molecule is NC(=O)CSc1nnc(-c2ccc(S(=O)(=O)N3CCCC3)cc2)n1C[C@@H]1CCCO1. The monoisotopic (exact) mass is 451 g/mol. The summed E-state index contributed by atoms with van der Waals surface area (Å²) in [6.45, 7) is 2.44. The Morgan fingerprint density at radius 1 is 1.17 bits per heavy atom. The van der Waals surface area contributed by atoms with Crippen molar-refractivity contribution in [1.29, 1.82) is 0 Å². The van der Waals surface area contributed by atoms with Crippen molar-refractivity contribution in [2.75, 3.05) is 25.4 Å². The molecule has 2 fully saturated rings. The minimum Gasteiger partial charge on any atom is -0.376 e. The molecule has 2 saturated heterocycles. The summed E-state index contributed by atoms with van der Waals surface area (Å²) in [6.07, 6.45) is 3.81. The molecule has 0 bridgehead atoms. The van der Waals surface area contributed by atoms with E-state index in [4.69, 9.17) is 10.5 Å². The first-order chi connectivity index (χ1) is 14.4. The van der Waals surface area contributed by atoms with Gasteiger partial charge in [-0.25, -0.2) is 8.42 Å². The van der Waals surface area contributed by atoms with Gasteiger partial charge in [-0.15, -0.1) is 10.2 Å². The molecule has 2 N–H and O–H groups in total. The predicted molar refractivity (Wildman–Crippen MR) is 112 cm³/mol. The first kappa shape index (κ1) is 21.3. The number of ether oxygens (including phenoxy) is 1. The number of rotatable bonds is 8. The summed E-state index contributed by atoms with van der Waals surface area (Å²) in [5, 5.41) is 9.12. The van der Waals surface area contributed by atoms with Crippen molar-refractivity contribution in [1.82, 2.24) is 19.1 Å². The second-order valence-electron chi connectivity index (χ2n) is 7.44. The summed E-state index contributed by atoms with van der Waals surface area (Å²) in [7, 11) is -3.46. The molecular formula is C19H25N5O4S2. The van der Waals surface area contributed by atoms with Crippen LogP contribution in [0.15, 0.2) is 34.3 Å². The highest BCUT2D eigenvalue weighted by molar-refractivity contribution is 7.99. The number of primary amides is 1. The molecule has 9 nitrogen and oxygen atoms in total. The van der Waals surface area contributed by atoms with Crippen molar-refractivity contribution in [3.8, 4) is 11.4 Å². The third-order valence-electron chi connectivity index (χ3n) is 5.29. The van der Waals surface area contributed by atoms with Crippen molar-refractivity contribution >= 4 is 27.7 Å². The fourth-order valence-corrected chi connectivity index (χ4v) is 5.96. The molecule has 2 aliphatic heterocycles. The van der Waals surface area contributed by atoms with E-state index in [0.717, 1.165) is 37.9 Å². The van der Waals surface area contributed by atoms with Crippen LogP contribution in [0.3, 0.4) is 0 Å². The summed E-state index contributed by atoms with van der Waals surface area (Å²) >= 11 is 1.23. The molecule has 0 aliphatic carbocycles. The summed E-state index contributed by atoms with van der Waals surface area (Å²) in [4.78, 5) is 11.5. The standard InChI is InChI=1S/C19H25N5O4S2/c20-17(25)13-29-19-22-21-18(24(19)12-15-4-3-11-28-15)14-5-7-16(8-6-14)30(26,27)23-9-1-2-10-23/h5-8,15H,1-4,9-13H2,(H2,20,25)/t15-/m0/s1. The summed E-state index contributed by atoms with van der Waals surface area (Å²) in [5.74, 6) is 0.295. The van der Waals surface area contributed by atoms with E-state index >= 15 is 0 Å². The van der Waals surface area contributed by atoms with Crippen LogP contribution in [0.2, 0.25) is 0 Å². The minimum atomic E-state index is -3.46. The van der Waals surface area contributed by atoms with Crippen LogP contribution >= 0.6 is 11.8 Å². The smallest absolute Gasteiger partial charge is 0.243 e. The number of thioether (sulfide) groups is 1. The van der Waals surface area contributed by atoms with Crippen molar-refractivity contribution in [2.45, 2.75) is 48.4 Å². The molecule has 1 aromatic heterocycles. The van der Waals surface area contributed by atoms with Crippen LogP contribution < -0.4 is 5.73 Å². The van der Waals surface area contributed by atoms with E-state index in [1.807, 2.05) is 4.57 Å². The zero-order valence-electron chi connectivity index (χ0n) is 16.6. The number of carbonyl (C=O) groups excluding carboxylic acids is 1. The Morgan fingerprint density at radius 2 is 1.90 bits per heavy atom. The molecule has 2 aromatic rings. The highest BCUT2D eigenvalue weighted by Gasteiger charge is 2.27. The largest absolute Gasteiger partial charge is 0.376 e. The normalized spacial score (nSPS) is 20.1. The first-order valence-electron chi connectivity index (χ1n) is 10.0. The van der Waals surface area contributed by atoms with Gasteiger partial charge < -0.3 is 10.5 Å². The van der Waals surface area contributed by atoms with E-state index in [2.05, 4.69) is 10.2 Å². The first-order valence-corrected chi connectivity index (χ1v) is 12.4. The van der Waals surface area contributed by atoms with Gasteiger partial charge in [0.1, 0.15) is 0 Å². The lowest BCUT2D eigenvalue weighted by molar-refractivity contribution is -0.115. The highest BCUT2D eigenvalue weighted by atomic mass is 32.2. The molecule has 30 heavy (non-hydrogen) atoms. The Hall–Kier alpha value is -1.95. The maximum Gasteiger partial charge on any atom is 0.243 e. The minimum absolute atomic E-state index is 0.0579. The lowest BCUT2D eigenvalue weighted by atomic mass is 10.2. The number of hydrogen-bond acceptors (Lipinski definition) is 7. The van der Waals surface area contributed by atoms with Crippen molar-refractivity contribution in [3.05, 3.63) is 24.3 Å². The van der Waals surface area contributed by atoms with Crippen LogP contribution in [0.25, 0.3) is 11.4 Å². The molecule has 1 aromatic carbocycles. The van der Waals surface area contributed by atoms with Gasteiger partial charge in [0, 0.05) is 25.3 Å². The zero-order valence-corrected chi connectivity index (χ0v) is 18.2. The van der Waals surface area contributed by atoms with Gasteiger partial charge >= 0.3 is 0 Å². The van der Waals surface area contributed by atoms with E-state index in [1.165, 1.54) is 16.1 Å². The van der Waals surface area contributed by atoms with Crippen molar-refractivity contribution in [3.63, 3.8) is 0 Å². The summed E-state index contributed by atoms with van der Waals surface area (Å²) < 4.78 is 34.7. The molecule has 1 atom stereocenters. The van der Waals surface area contributed by atoms with E-state index in [-0.39, 0.29) is 16.8 Å². The highest BCUT2D eigenvalue weighted by Crippen LogP contribution is 2.28. The summed E-state index contributed by atoms with van der Waals surface area (Å²) in [6, 6.07) is 6.73. The second-order valence-corrected chi connectivity index (χ2v) is 10.3. The topological polar surface area (TPSA) is 120 Å². The van der Waals surface area contributed by atoms with Gasteiger partial charge in [0.15, 0.2) is 11.0 Å². The number of sulfonamides is 1. The third kappa shape index (κ3) is 4.53. The molecule has 0 unspecified atom stereocenters. The van der Waals surface area contributed by atoms with E-state index in [0.29, 0.717) is 30.6 Å². The van der Waals surface area contributed by atoms with E-state index < -0.39 is 15.9 Å². The fraction of sp³-hybridized carbons (Fsp3) is 0.526. The molecule has 2 aliphatic rings. The number of benzene rings is 1. The molecule has 1 amide bonds. The van der Waals surface area contributed by atoms with Crippen molar-refractivity contribution < 1.29 is 17.9 Å². The Kier molecular flexibility index (Phi) is 6.42. The maximum atomic E-state index is 12.8. The van der Waals surface area contributed by atoms with Gasteiger partial charge in [0.25, 0.3) is 0 Å². The molecular weight excluding hydrogens is 426 g/mol. The quantitative estimate of drug-likeness (QED) is 0.604. The molecule has 162 valence electrons. The van der Waals surface area contributed by atoms with Crippen LogP contribution in [0, 0.1) is 0 Å². The van der Waals surface area contributed by atoms with Crippen molar-refractivity contribution in [2.24, 2.45) is 5.73 Å². The van der Waals surface area contributed by atoms with Gasteiger partial charge in [-0.3, -0.25) is 9.36 Å². The maximum absolute atomic E-state index is 12.8. The third-order valence-corrected chi connectivity index (χ3v) is 8.19. The Labute approximate surface area is 180 Å². The number of aromatic nitrogens is 3. The average molecular weight is 452 g/mol. The number of nitrogens with two attached hydrogens (primary N) is 1. The molecule has 0 spiro atoms. The Morgan fingerprint density at radius 3 is 2.53 bits per heavy atom. The molecule has 0 saturated carbocycles. The predicted octanol–water partition coefficient (Wildman–Crippen LogP) is 1.49.